The van der Waals surface area contributed by atoms with Crippen LogP contribution in [-0.2, 0) is 6.54 Å². The third kappa shape index (κ3) is 3.46. The number of hydrogen-bond acceptors (Lipinski definition) is 5. The summed E-state index contributed by atoms with van der Waals surface area (Å²) in [6.07, 6.45) is 5.02. The number of aromatic nitrogens is 2. The van der Waals surface area contributed by atoms with Gasteiger partial charge in [0.05, 0.1) is 0 Å². The molecule has 90 valence electrons. The van der Waals surface area contributed by atoms with Crippen molar-refractivity contribution in [2.75, 3.05) is 11.9 Å². The van der Waals surface area contributed by atoms with E-state index in [0.29, 0.717) is 12.3 Å². The zero-order valence-corrected chi connectivity index (χ0v) is 9.71. The third-order valence-corrected chi connectivity index (χ3v) is 2.25. The van der Waals surface area contributed by atoms with Crippen LogP contribution in [0.5, 0.6) is 5.75 Å². The highest BCUT2D eigenvalue weighted by molar-refractivity contribution is 5.48. The van der Waals surface area contributed by atoms with Crippen molar-refractivity contribution in [1.82, 2.24) is 9.97 Å². The van der Waals surface area contributed by atoms with Crippen LogP contribution in [0.3, 0.4) is 0 Å². The first-order chi connectivity index (χ1) is 8.88. The van der Waals surface area contributed by atoms with Gasteiger partial charge in [0.2, 0.25) is 0 Å². The molecule has 0 atom stereocenters. The van der Waals surface area contributed by atoms with E-state index in [0.717, 1.165) is 11.3 Å². The molecule has 1 aromatic carbocycles. The Morgan fingerprint density at radius 1 is 1.28 bits per heavy atom. The maximum Gasteiger partial charge on any atom is 0.174 e. The second-order valence-corrected chi connectivity index (χ2v) is 3.57. The Hall–Kier alpha value is -2.61. The largest absolute Gasteiger partial charge is 0.479 e. The highest BCUT2D eigenvalue weighted by atomic mass is 16.5. The third-order valence-electron chi connectivity index (χ3n) is 2.25. The van der Waals surface area contributed by atoms with E-state index >= 15 is 0 Å². The number of nitrogens with one attached hydrogen (secondary N) is 1. The minimum Gasteiger partial charge on any atom is -0.479 e. The van der Waals surface area contributed by atoms with Crippen molar-refractivity contribution in [1.29, 1.82) is 5.26 Å². The fraction of sp³-hybridized carbons (Fsp3) is 0.154. The van der Waals surface area contributed by atoms with Crippen LogP contribution in [0.1, 0.15) is 5.56 Å². The topological polar surface area (TPSA) is 70.8 Å². The summed E-state index contributed by atoms with van der Waals surface area (Å²) < 4.78 is 5.22. The number of nitriles is 1. The van der Waals surface area contributed by atoms with E-state index in [2.05, 4.69) is 15.3 Å². The van der Waals surface area contributed by atoms with Gasteiger partial charge in [0.1, 0.15) is 18.1 Å². The summed E-state index contributed by atoms with van der Waals surface area (Å²) >= 11 is 0. The molecule has 0 aliphatic heterocycles. The molecule has 0 spiro atoms. The van der Waals surface area contributed by atoms with E-state index in [1.54, 1.807) is 12.4 Å². The normalized spacial score (nSPS) is 9.50. The summed E-state index contributed by atoms with van der Waals surface area (Å²) in [5.74, 6) is 0.672. The number of rotatable bonds is 5. The fourth-order valence-corrected chi connectivity index (χ4v) is 1.44. The number of hydrogen-bond donors (Lipinski definition) is 1. The molecule has 0 saturated heterocycles. The molecule has 0 amide bonds. The van der Waals surface area contributed by atoms with E-state index in [9.17, 15) is 0 Å². The quantitative estimate of drug-likeness (QED) is 0.865. The van der Waals surface area contributed by atoms with Crippen molar-refractivity contribution in [2.24, 2.45) is 0 Å². The number of nitrogens with zero attached hydrogens (tertiary/aromatic N) is 3. The first kappa shape index (κ1) is 11.9. The zero-order chi connectivity index (χ0) is 12.6. The lowest BCUT2D eigenvalue weighted by Crippen LogP contribution is -2.01. The van der Waals surface area contributed by atoms with Crippen LogP contribution < -0.4 is 10.1 Å². The van der Waals surface area contributed by atoms with Crippen LogP contribution in [0.25, 0.3) is 0 Å². The molecule has 1 heterocycles. The second kappa shape index (κ2) is 6.21. The van der Waals surface area contributed by atoms with Crippen molar-refractivity contribution in [2.45, 2.75) is 6.54 Å². The van der Waals surface area contributed by atoms with Crippen LogP contribution in [-0.4, -0.2) is 16.6 Å². The van der Waals surface area contributed by atoms with Gasteiger partial charge in [0.25, 0.3) is 0 Å². The summed E-state index contributed by atoms with van der Waals surface area (Å²) in [4.78, 5) is 7.89. The van der Waals surface area contributed by atoms with Crippen molar-refractivity contribution in [3.05, 3.63) is 48.5 Å². The van der Waals surface area contributed by atoms with Crippen molar-refractivity contribution in [3.8, 4) is 11.8 Å². The molecule has 18 heavy (non-hydrogen) atoms. The Balaban J connectivity index is 1.95. The van der Waals surface area contributed by atoms with Gasteiger partial charge in [-0.15, -0.1) is 0 Å². The first-order valence-electron chi connectivity index (χ1n) is 5.46. The van der Waals surface area contributed by atoms with Crippen LogP contribution in [0.4, 0.5) is 5.69 Å². The molecule has 5 heteroatoms. The summed E-state index contributed by atoms with van der Waals surface area (Å²) in [5.41, 5.74) is 1.93. The first-order valence-corrected chi connectivity index (χ1v) is 5.46. The van der Waals surface area contributed by atoms with Gasteiger partial charge in [-0.05, 0) is 12.1 Å². The Labute approximate surface area is 105 Å². The van der Waals surface area contributed by atoms with E-state index in [1.807, 2.05) is 30.3 Å². The molecule has 0 unspecified atom stereocenters. The number of ether oxygens (including phenoxy) is 1. The fourth-order valence-electron chi connectivity index (χ4n) is 1.44. The Morgan fingerprint density at radius 2 is 2.11 bits per heavy atom. The van der Waals surface area contributed by atoms with Gasteiger partial charge in [0.15, 0.2) is 6.61 Å². The highest BCUT2D eigenvalue weighted by Gasteiger charge is 1.97. The molecule has 0 radical (unpaired) electrons. The summed E-state index contributed by atoms with van der Waals surface area (Å²) in [7, 11) is 0. The van der Waals surface area contributed by atoms with Gasteiger partial charge in [-0.1, -0.05) is 6.07 Å². The Morgan fingerprint density at radius 3 is 2.89 bits per heavy atom. The minimum atomic E-state index is 0.0516. The zero-order valence-electron chi connectivity index (χ0n) is 9.71. The van der Waals surface area contributed by atoms with E-state index < -0.39 is 0 Å². The lowest BCUT2D eigenvalue weighted by molar-refractivity contribution is 0.368. The van der Waals surface area contributed by atoms with E-state index in [-0.39, 0.29) is 6.61 Å². The highest BCUT2D eigenvalue weighted by Crippen LogP contribution is 2.17. The summed E-state index contributed by atoms with van der Waals surface area (Å²) in [6.45, 7) is 0.693. The van der Waals surface area contributed by atoms with Crippen LogP contribution in [0, 0.1) is 11.3 Å². The Bertz CT molecular complexity index is 536. The van der Waals surface area contributed by atoms with Crippen LogP contribution >= 0.6 is 0 Å². The molecule has 0 fully saturated rings. The van der Waals surface area contributed by atoms with Crippen molar-refractivity contribution in [3.63, 3.8) is 0 Å². The lowest BCUT2D eigenvalue weighted by Gasteiger charge is -2.08. The molecule has 2 rings (SSSR count). The average molecular weight is 240 g/mol. The molecule has 1 aromatic heterocycles. The van der Waals surface area contributed by atoms with E-state index in [1.165, 1.54) is 6.33 Å². The lowest BCUT2D eigenvalue weighted by atomic mass is 10.2. The van der Waals surface area contributed by atoms with Gasteiger partial charge in [-0.3, -0.25) is 0 Å². The standard InChI is InChI=1S/C13H12N4O/c14-4-5-18-13-3-1-2-12(6-13)17-9-11-7-15-10-16-8-11/h1-3,6-8,10,17H,5,9H2. The molecule has 0 saturated carbocycles. The molecule has 0 aliphatic carbocycles. The SMILES string of the molecule is N#CCOc1cccc(NCc2cncnc2)c1. The monoisotopic (exact) mass is 240 g/mol. The predicted molar refractivity (Wildman–Crippen MR) is 66.9 cm³/mol. The van der Waals surface area contributed by atoms with Gasteiger partial charge in [-0.2, -0.15) is 5.26 Å². The van der Waals surface area contributed by atoms with Crippen LogP contribution in [0.15, 0.2) is 43.0 Å². The van der Waals surface area contributed by atoms with Crippen LogP contribution in [0.2, 0.25) is 0 Å². The Kier molecular flexibility index (Phi) is 4.09. The maximum atomic E-state index is 8.44. The second-order valence-electron chi connectivity index (χ2n) is 3.57. The molecule has 0 aliphatic rings. The smallest absolute Gasteiger partial charge is 0.174 e. The molecular formula is C13H12N4O. The summed E-state index contributed by atoms with van der Waals surface area (Å²) in [5, 5.41) is 11.7. The predicted octanol–water partition coefficient (Wildman–Crippen LogP) is 1.99. The van der Waals surface area contributed by atoms with Gasteiger partial charge >= 0.3 is 0 Å². The number of benzene rings is 1. The molecule has 0 bridgehead atoms. The van der Waals surface area contributed by atoms with Gasteiger partial charge < -0.3 is 10.1 Å². The molecular weight excluding hydrogens is 228 g/mol. The summed E-state index contributed by atoms with van der Waals surface area (Å²) in [6, 6.07) is 9.40. The van der Waals surface area contributed by atoms with Crippen molar-refractivity contribution >= 4 is 5.69 Å². The maximum absolute atomic E-state index is 8.44. The van der Waals surface area contributed by atoms with E-state index in [4.69, 9.17) is 10.00 Å². The number of anilines is 1. The molecule has 1 N–H and O–H groups in total. The molecule has 5 nitrogen and oxygen atoms in total. The van der Waals surface area contributed by atoms with Crippen molar-refractivity contribution < 1.29 is 4.74 Å². The van der Waals surface area contributed by atoms with Gasteiger partial charge in [0, 0.05) is 36.3 Å². The minimum absolute atomic E-state index is 0.0516. The average Bonchev–Trinajstić information content (AvgIpc) is 2.44. The molecule has 2 aromatic rings. The van der Waals surface area contributed by atoms with Gasteiger partial charge in [-0.25, -0.2) is 9.97 Å².